The average molecular weight is 562 g/mol. The van der Waals surface area contributed by atoms with E-state index in [4.69, 9.17) is 0 Å². The maximum Gasteiger partial charge on any atom is 0.307 e. The van der Waals surface area contributed by atoms with Crippen LogP contribution in [-0.4, -0.2) is 42.1 Å². The molecule has 1 aromatic carbocycles. The summed E-state index contributed by atoms with van der Waals surface area (Å²) in [4.78, 5) is 36.1. The van der Waals surface area contributed by atoms with E-state index in [1.807, 2.05) is 6.07 Å². The van der Waals surface area contributed by atoms with E-state index in [0.29, 0.717) is 28.8 Å². The molecule has 0 radical (unpaired) electrons. The molecule has 1 heterocycles. The van der Waals surface area contributed by atoms with Crippen LogP contribution in [0.3, 0.4) is 0 Å². The number of aldehydes is 1. The van der Waals surface area contributed by atoms with Gasteiger partial charge in [-0.2, -0.15) is 5.10 Å². The van der Waals surface area contributed by atoms with E-state index in [0.717, 1.165) is 28.4 Å². The van der Waals surface area contributed by atoms with Crippen molar-refractivity contribution in [2.75, 3.05) is 19.4 Å². The van der Waals surface area contributed by atoms with Crippen molar-refractivity contribution in [3.8, 4) is 0 Å². The van der Waals surface area contributed by atoms with Crippen molar-refractivity contribution in [3.05, 3.63) is 57.0 Å². The fourth-order valence-corrected chi connectivity index (χ4v) is 5.23. The normalized spacial score (nSPS) is 22.1. The molecule has 1 aliphatic rings. The lowest BCUT2D eigenvalue weighted by molar-refractivity contribution is -0.120. The number of hydrogen-bond acceptors (Lipinski definition) is 7. The Morgan fingerprint density at radius 3 is 2.53 bits per heavy atom. The Morgan fingerprint density at radius 1 is 1.31 bits per heavy atom. The van der Waals surface area contributed by atoms with E-state index in [-0.39, 0.29) is 6.54 Å². The Balaban J connectivity index is 0.000000297. The third-order valence-corrected chi connectivity index (χ3v) is 7.82. The summed E-state index contributed by atoms with van der Waals surface area (Å²) in [6, 6.07) is 8.78. The molecular weight excluding hydrogens is 524 g/mol. The fourth-order valence-electron chi connectivity index (χ4n) is 4.63. The number of halogens is 1. The van der Waals surface area contributed by atoms with Crippen LogP contribution in [0.15, 0.2) is 51.2 Å². The Bertz CT molecular complexity index is 1100. The molecule has 1 fully saturated rings. The molecule has 2 unspecified atom stereocenters. The summed E-state index contributed by atoms with van der Waals surface area (Å²) >= 11 is 3.61. The summed E-state index contributed by atoms with van der Waals surface area (Å²) < 4.78 is 2.46. The highest BCUT2D eigenvalue weighted by Gasteiger charge is 2.38. The molecule has 1 aromatic heterocycles. The van der Waals surface area contributed by atoms with Crippen molar-refractivity contribution < 1.29 is 9.59 Å². The molecule has 1 amide bonds. The van der Waals surface area contributed by atoms with E-state index >= 15 is 0 Å². The molecule has 0 saturated heterocycles. The number of nitroso groups, excluding NO2 is 1. The van der Waals surface area contributed by atoms with Crippen LogP contribution in [-0.2, 0) is 16.1 Å². The molecule has 10 heteroatoms. The number of anilines is 1. The quantitative estimate of drug-likeness (QED) is 0.380. The molecule has 196 valence electrons. The molecule has 1 saturated carbocycles. The van der Waals surface area contributed by atoms with Gasteiger partial charge in [0.1, 0.15) is 12.3 Å². The van der Waals surface area contributed by atoms with E-state index in [9.17, 15) is 14.5 Å². The number of amides is 1. The number of benzene rings is 1. The molecule has 3 rings (SSSR count). The number of rotatable bonds is 7. The summed E-state index contributed by atoms with van der Waals surface area (Å²) in [6.07, 6.45) is 4.95. The standard InChI is InChI=1S/C17H27BrN4O.C9H10N2O2/c1-11-9-17(3,4)12(2)8-13(11)21-14-10-20-22(6-7-23)16(19-5)15(14)18;1-10-8(9(12)11-13)7-5-3-2-4-6-7/h7,10-13,21H,6,8-9H2,1-5H3;2-6,8,10H,1H3/t11?,12-,13+;/m0./s1. The van der Waals surface area contributed by atoms with Crippen LogP contribution >= 0.6 is 15.9 Å². The molecule has 9 nitrogen and oxygen atoms in total. The second-order valence-electron chi connectivity index (χ2n) is 9.89. The van der Waals surface area contributed by atoms with E-state index in [2.05, 4.69) is 69.5 Å². The second kappa shape index (κ2) is 13.5. The zero-order valence-electron chi connectivity index (χ0n) is 21.9. The number of nitrogens with one attached hydrogen (secondary N) is 2. The molecule has 36 heavy (non-hydrogen) atoms. The average Bonchev–Trinajstić information content (AvgIpc) is 2.85. The van der Waals surface area contributed by atoms with Crippen molar-refractivity contribution in [2.24, 2.45) is 27.4 Å². The van der Waals surface area contributed by atoms with Crippen molar-refractivity contribution in [3.63, 3.8) is 0 Å². The highest BCUT2D eigenvalue weighted by molar-refractivity contribution is 9.10. The topological polar surface area (TPSA) is 118 Å². The number of nitrogens with zero attached hydrogens (tertiary/aromatic N) is 4. The van der Waals surface area contributed by atoms with Crippen molar-refractivity contribution in [1.82, 2.24) is 15.1 Å². The first kappa shape index (κ1) is 29.5. The summed E-state index contributed by atoms with van der Waals surface area (Å²) in [7, 11) is 3.32. The largest absolute Gasteiger partial charge is 0.380 e. The van der Waals surface area contributed by atoms with Gasteiger partial charge in [-0.1, -0.05) is 58.0 Å². The number of carbonyl (C=O) groups excluding carboxylic acids is 2. The molecule has 1 aliphatic carbocycles. The summed E-state index contributed by atoms with van der Waals surface area (Å²) in [5.74, 6) is 0.563. The van der Waals surface area contributed by atoms with Gasteiger partial charge in [0.15, 0.2) is 5.49 Å². The Morgan fingerprint density at radius 2 is 1.97 bits per heavy atom. The monoisotopic (exact) mass is 560 g/mol. The Labute approximate surface area is 221 Å². The van der Waals surface area contributed by atoms with Gasteiger partial charge in [0.05, 0.1) is 22.9 Å². The number of likely N-dealkylation sites (N-methyl/N-ethyl adjacent to an activating group) is 1. The molecule has 0 spiro atoms. The van der Waals surface area contributed by atoms with Gasteiger partial charge >= 0.3 is 5.91 Å². The predicted molar refractivity (Wildman–Crippen MR) is 145 cm³/mol. The fraction of sp³-hybridized carbons (Fsp3) is 0.538. The molecule has 2 N–H and O–H groups in total. The van der Waals surface area contributed by atoms with Gasteiger partial charge in [-0.05, 0) is 58.6 Å². The zero-order chi connectivity index (χ0) is 26.9. The van der Waals surface area contributed by atoms with Gasteiger partial charge in [0.2, 0.25) is 0 Å². The van der Waals surface area contributed by atoms with Crippen molar-refractivity contribution in [1.29, 1.82) is 0 Å². The minimum absolute atomic E-state index is 0.205. The zero-order valence-corrected chi connectivity index (χ0v) is 23.4. The number of hydrogen-bond donors (Lipinski definition) is 2. The first-order valence-corrected chi connectivity index (χ1v) is 12.9. The highest BCUT2D eigenvalue weighted by Crippen LogP contribution is 2.44. The Hall–Kier alpha value is -2.72. The molecule has 2 aromatic rings. The molecule has 0 bridgehead atoms. The van der Waals surface area contributed by atoms with Crippen LogP contribution in [0.1, 0.15) is 52.1 Å². The SMILES string of the molecule is CN=c1c(Br)c(N[C@@H]2C[C@H](C)C(C)(C)CC2C)cnn1CC=O.CNC(C(=O)N=O)c1ccccc1. The van der Waals surface area contributed by atoms with Crippen LogP contribution in [0.4, 0.5) is 5.69 Å². The first-order valence-electron chi connectivity index (χ1n) is 12.1. The number of carbonyl (C=O) groups is 2. The van der Waals surface area contributed by atoms with Gasteiger partial charge in [0.25, 0.3) is 0 Å². The smallest absolute Gasteiger partial charge is 0.307 e. The van der Waals surface area contributed by atoms with E-state index in [1.165, 1.54) is 6.42 Å². The third-order valence-electron chi connectivity index (χ3n) is 7.04. The summed E-state index contributed by atoms with van der Waals surface area (Å²) in [5, 5.41) is 13.1. The van der Waals surface area contributed by atoms with E-state index < -0.39 is 11.9 Å². The predicted octanol–water partition coefficient (Wildman–Crippen LogP) is 4.49. The maximum absolute atomic E-state index is 11.0. The van der Waals surface area contributed by atoms with Crippen molar-refractivity contribution in [2.45, 2.75) is 59.2 Å². The van der Waals surface area contributed by atoms with Gasteiger partial charge in [-0.3, -0.25) is 9.79 Å². The van der Waals surface area contributed by atoms with Crippen LogP contribution in [0.5, 0.6) is 0 Å². The van der Waals surface area contributed by atoms with Crippen LogP contribution < -0.4 is 16.1 Å². The molecular formula is C26H37BrN6O3. The second-order valence-corrected chi connectivity index (χ2v) is 10.7. The van der Waals surface area contributed by atoms with Gasteiger partial charge in [-0.25, -0.2) is 4.68 Å². The van der Waals surface area contributed by atoms with Crippen molar-refractivity contribution >= 4 is 33.8 Å². The van der Waals surface area contributed by atoms with E-state index in [1.54, 1.807) is 49.2 Å². The van der Waals surface area contributed by atoms with Crippen LogP contribution in [0, 0.1) is 22.2 Å². The third kappa shape index (κ3) is 7.39. The first-order chi connectivity index (χ1) is 17.1. The number of aromatic nitrogens is 2. The molecule has 4 atom stereocenters. The summed E-state index contributed by atoms with van der Waals surface area (Å²) in [6.45, 7) is 9.58. The minimum Gasteiger partial charge on any atom is -0.380 e. The minimum atomic E-state index is -0.700. The Kier molecular flexibility index (Phi) is 11.1. The van der Waals surface area contributed by atoms with Gasteiger partial charge in [0, 0.05) is 18.3 Å². The van der Waals surface area contributed by atoms with Gasteiger partial charge < -0.3 is 15.4 Å². The lowest BCUT2D eigenvalue weighted by Crippen LogP contribution is -2.42. The lowest BCUT2D eigenvalue weighted by atomic mass is 9.64. The van der Waals surface area contributed by atoms with Gasteiger partial charge in [-0.15, -0.1) is 4.91 Å². The lowest BCUT2D eigenvalue weighted by Gasteiger charge is -2.44. The highest BCUT2D eigenvalue weighted by atomic mass is 79.9. The van der Waals surface area contributed by atoms with Crippen LogP contribution in [0.25, 0.3) is 0 Å². The van der Waals surface area contributed by atoms with Crippen LogP contribution in [0.2, 0.25) is 0 Å². The molecule has 0 aliphatic heterocycles. The summed E-state index contributed by atoms with van der Waals surface area (Å²) in [5.41, 5.74) is 2.76. The maximum atomic E-state index is 11.0.